The Kier molecular flexibility index (Phi) is 4.37. The lowest BCUT2D eigenvalue weighted by molar-refractivity contribution is -0.0262. The lowest BCUT2D eigenvalue weighted by Gasteiger charge is -2.26. The van der Waals surface area contributed by atoms with Gasteiger partial charge < -0.3 is 15.2 Å². The molecule has 5 heteroatoms. The summed E-state index contributed by atoms with van der Waals surface area (Å²) in [6.45, 7) is 3.42. The maximum Gasteiger partial charge on any atom is 0.124 e. The molecule has 18 heavy (non-hydrogen) atoms. The fraction of sp³-hybridized carbons (Fsp3) is 0.538. The molecule has 1 aliphatic heterocycles. The quantitative estimate of drug-likeness (QED) is 0.894. The van der Waals surface area contributed by atoms with E-state index in [1.165, 1.54) is 12.1 Å². The molecule has 0 bridgehead atoms. The molecule has 1 aromatic rings. The first-order valence-electron chi connectivity index (χ1n) is 5.99. The van der Waals surface area contributed by atoms with E-state index in [1.807, 2.05) is 13.0 Å². The van der Waals surface area contributed by atoms with Crippen LogP contribution in [0.5, 0.6) is 0 Å². The minimum atomic E-state index is -0.815. The normalized spacial score (nSPS) is 27.7. The molecule has 100 valence electrons. The van der Waals surface area contributed by atoms with Crippen LogP contribution in [0.1, 0.15) is 18.9 Å². The van der Waals surface area contributed by atoms with Gasteiger partial charge in [0.25, 0.3) is 0 Å². The van der Waals surface area contributed by atoms with Crippen LogP contribution in [0.2, 0.25) is 0 Å². The number of ether oxygens (including phenoxy) is 1. The van der Waals surface area contributed by atoms with Gasteiger partial charge in [-0.2, -0.15) is 0 Å². The van der Waals surface area contributed by atoms with E-state index in [4.69, 9.17) is 4.74 Å². The number of benzene rings is 1. The summed E-state index contributed by atoms with van der Waals surface area (Å²) >= 11 is 3.25. The zero-order valence-corrected chi connectivity index (χ0v) is 11.8. The van der Waals surface area contributed by atoms with E-state index in [1.54, 1.807) is 0 Å². The van der Waals surface area contributed by atoms with Crippen LogP contribution in [0.15, 0.2) is 22.7 Å². The van der Waals surface area contributed by atoms with Gasteiger partial charge in [0.1, 0.15) is 11.4 Å². The van der Waals surface area contributed by atoms with Gasteiger partial charge in [-0.1, -0.05) is 15.9 Å². The van der Waals surface area contributed by atoms with E-state index in [-0.39, 0.29) is 11.9 Å². The van der Waals surface area contributed by atoms with E-state index in [0.29, 0.717) is 26.1 Å². The van der Waals surface area contributed by atoms with Crippen LogP contribution in [0, 0.1) is 5.82 Å². The van der Waals surface area contributed by atoms with Crippen molar-refractivity contribution in [2.75, 3.05) is 13.2 Å². The van der Waals surface area contributed by atoms with Crippen molar-refractivity contribution in [2.45, 2.75) is 31.6 Å². The summed E-state index contributed by atoms with van der Waals surface area (Å²) in [5, 5.41) is 13.4. The van der Waals surface area contributed by atoms with Crippen molar-refractivity contribution in [3.63, 3.8) is 0 Å². The van der Waals surface area contributed by atoms with Crippen LogP contribution in [0.3, 0.4) is 0 Å². The number of aliphatic hydroxyl groups is 1. The topological polar surface area (TPSA) is 41.5 Å². The highest BCUT2D eigenvalue weighted by molar-refractivity contribution is 9.10. The molecule has 0 amide bonds. The Morgan fingerprint density at radius 1 is 1.56 bits per heavy atom. The summed E-state index contributed by atoms with van der Waals surface area (Å²) in [5.74, 6) is -0.266. The van der Waals surface area contributed by atoms with Crippen LogP contribution in [-0.4, -0.2) is 30.0 Å². The molecule has 2 N–H and O–H groups in total. The number of rotatable bonds is 4. The van der Waals surface area contributed by atoms with E-state index in [9.17, 15) is 9.50 Å². The Hall–Kier alpha value is -0.490. The van der Waals surface area contributed by atoms with Crippen LogP contribution < -0.4 is 5.32 Å². The number of halogens is 2. The molecule has 1 saturated heterocycles. The Balaban J connectivity index is 1.88. The lowest BCUT2D eigenvalue weighted by atomic mass is 9.96. The average molecular weight is 318 g/mol. The smallest absolute Gasteiger partial charge is 0.124 e. The van der Waals surface area contributed by atoms with Crippen molar-refractivity contribution in [3.8, 4) is 0 Å². The number of nitrogens with one attached hydrogen (secondary N) is 1. The van der Waals surface area contributed by atoms with Crippen molar-refractivity contribution in [3.05, 3.63) is 34.1 Å². The van der Waals surface area contributed by atoms with E-state index < -0.39 is 5.60 Å². The summed E-state index contributed by atoms with van der Waals surface area (Å²) in [4.78, 5) is 0. The molecular weight excluding hydrogens is 301 g/mol. The molecule has 1 aliphatic rings. The van der Waals surface area contributed by atoms with Crippen molar-refractivity contribution in [1.82, 2.24) is 5.32 Å². The predicted molar refractivity (Wildman–Crippen MR) is 70.8 cm³/mol. The fourth-order valence-electron chi connectivity index (χ4n) is 2.14. The highest BCUT2D eigenvalue weighted by Crippen LogP contribution is 2.24. The van der Waals surface area contributed by atoms with Crippen LogP contribution in [-0.2, 0) is 11.3 Å². The van der Waals surface area contributed by atoms with Gasteiger partial charge in [-0.05, 0) is 30.7 Å². The Morgan fingerprint density at radius 2 is 2.33 bits per heavy atom. The zero-order chi connectivity index (χ0) is 13.2. The predicted octanol–water partition coefficient (Wildman–Crippen LogP) is 2.22. The first kappa shape index (κ1) is 13.9. The third kappa shape index (κ3) is 3.29. The summed E-state index contributed by atoms with van der Waals surface area (Å²) in [6.07, 6.45) is 0.470. The molecule has 0 radical (unpaired) electrons. The Bertz CT molecular complexity index is 409. The molecule has 0 aromatic heterocycles. The standard InChI is InChI=1S/C13H17BrFNO2/c1-9-13(17,2-3-18-9)8-16-7-10-4-11(14)6-12(15)5-10/h4-6,9,16-17H,2-3,7-8H2,1H3. The van der Waals surface area contributed by atoms with Crippen molar-refractivity contribution in [1.29, 1.82) is 0 Å². The second-order valence-electron chi connectivity index (χ2n) is 4.75. The van der Waals surface area contributed by atoms with Gasteiger partial charge in [-0.25, -0.2) is 4.39 Å². The second kappa shape index (κ2) is 5.65. The maximum atomic E-state index is 13.2. The molecule has 1 aromatic carbocycles. The summed E-state index contributed by atoms with van der Waals surface area (Å²) in [7, 11) is 0. The molecule has 2 unspecified atom stereocenters. The SMILES string of the molecule is CC1OCCC1(O)CNCc1cc(F)cc(Br)c1. The minimum absolute atomic E-state index is 0.163. The van der Waals surface area contributed by atoms with Crippen molar-refractivity contribution >= 4 is 15.9 Å². The molecule has 3 nitrogen and oxygen atoms in total. The van der Waals surface area contributed by atoms with E-state index >= 15 is 0 Å². The summed E-state index contributed by atoms with van der Waals surface area (Å²) < 4.78 is 19.2. The van der Waals surface area contributed by atoms with E-state index in [0.717, 1.165) is 10.0 Å². The van der Waals surface area contributed by atoms with Gasteiger partial charge in [-0.3, -0.25) is 0 Å². The lowest BCUT2D eigenvalue weighted by Crippen LogP contribution is -2.45. The van der Waals surface area contributed by atoms with Gasteiger partial charge >= 0.3 is 0 Å². The monoisotopic (exact) mass is 317 g/mol. The molecule has 0 spiro atoms. The number of hydrogen-bond acceptors (Lipinski definition) is 3. The van der Waals surface area contributed by atoms with Gasteiger partial charge in [0.05, 0.1) is 6.10 Å². The highest BCUT2D eigenvalue weighted by atomic mass is 79.9. The molecule has 1 fully saturated rings. The number of hydrogen-bond donors (Lipinski definition) is 2. The molecule has 2 atom stereocenters. The third-order valence-corrected chi connectivity index (χ3v) is 3.80. The molecule has 0 aliphatic carbocycles. The largest absolute Gasteiger partial charge is 0.386 e. The molecule has 0 saturated carbocycles. The summed E-state index contributed by atoms with van der Waals surface area (Å²) in [5.41, 5.74) is 0.0296. The molecule has 2 rings (SSSR count). The van der Waals surface area contributed by atoms with Crippen molar-refractivity contribution < 1.29 is 14.2 Å². The third-order valence-electron chi connectivity index (χ3n) is 3.34. The summed E-state index contributed by atoms with van der Waals surface area (Å²) in [6, 6.07) is 4.76. The zero-order valence-electron chi connectivity index (χ0n) is 10.2. The first-order chi connectivity index (χ1) is 8.49. The Labute approximate surface area is 114 Å². The van der Waals surface area contributed by atoms with Gasteiger partial charge in [0, 0.05) is 30.6 Å². The first-order valence-corrected chi connectivity index (χ1v) is 6.78. The Morgan fingerprint density at radius 3 is 2.94 bits per heavy atom. The van der Waals surface area contributed by atoms with Crippen molar-refractivity contribution in [2.24, 2.45) is 0 Å². The van der Waals surface area contributed by atoms with Gasteiger partial charge in [0.15, 0.2) is 0 Å². The molecular formula is C13H17BrFNO2. The highest BCUT2D eigenvalue weighted by Gasteiger charge is 2.38. The average Bonchev–Trinajstić information content (AvgIpc) is 2.58. The van der Waals surface area contributed by atoms with Crippen LogP contribution in [0.25, 0.3) is 0 Å². The van der Waals surface area contributed by atoms with Crippen LogP contribution >= 0.6 is 15.9 Å². The van der Waals surface area contributed by atoms with E-state index in [2.05, 4.69) is 21.2 Å². The van der Waals surface area contributed by atoms with Gasteiger partial charge in [-0.15, -0.1) is 0 Å². The second-order valence-corrected chi connectivity index (χ2v) is 5.66. The minimum Gasteiger partial charge on any atom is -0.386 e. The fourth-order valence-corrected chi connectivity index (χ4v) is 2.65. The maximum absolute atomic E-state index is 13.2. The van der Waals surface area contributed by atoms with Gasteiger partial charge in [0.2, 0.25) is 0 Å². The van der Waals surface area contributed by atoms with Crippen LogP contribution in [0.4, 0.5) is 4.39 Å². The molecule has 1 heterocycles.